The van der Waals surface area contributed by atoms with Crippen molar-refractivity contribution in [1.82, 2.24) is 10.2 Å². The van der Waals surface area contributed by atoms with Crippen LogP contribution in [0.3, 0.4) is 0 Å². The Morgan fingerprint density at radius 3 is 2.48 bits per heavy atom. The normalized spacial score (nSPS) is 25.5. The quantitative estimate of drug-likeness (QED) is 0.687. The van der Waals surface area contributed by atoms with E-state index in [2.05, 4.69) is 10.2 Å². The van der Waals surface area contributed by atoms with E-state index in [4.69, 9.17) is 18.9 Å². The van der Waals surface area contributed by atoms with Gasteiger partial charge in [0.25, 0.3) is 5.91 Å². The first-order chi connectivity index (χ1) is 15.1. The van der Waals surface area contributed by atoms with Gasteiger partial charge in [0.1, 0.15) is 6.10 Å². The molecule has 2 heterocycles. The second-order valence-corrected chi connectivity index (χ2v) is 8.58. The number of fused-ring (bicyclic) bond motifs is 1. The molecule has 1 aromatic carbocycles. The molecule has 8 nitrogen and oxygen atoms in total. The van der Waals surface area contributed by atoms with Gasteiger partial charge < -0.3 is 24.3 Å². The molecule has 1 N–H and O–H groups in total. The number of esters is 1. The van der Waals surface area contributed by atoms with Crippen molar-refractivity contribution in [3.05, 3.63) is 24.3 Å². The summed E-state index contributed by atoms with van der Waals surface area (Å²) in [4.78, 5) is 27.5. The van der Waals surface area contributed by atoms with Gasteiger partial charge in [0, 0.05) is 25.2 Å². The summed E-state index contributed by atoms with van der Waals surface area (Å²) in [7, 11) is 0. The number of carbonyl (C=O) groups excluding carboxylic acids is 2. The Bertz CT molecular complexity index is 773. The zero-order chi connectivity index (χ0) is 21.7. The van der Waals surface area contributed by atoms with Gasteiger partial charge in [0.2, 0.25) is 6.10 Å². The highest BCUT2D eigenvalue weighted by Gasteiger charge is 2.39. The van der Waals surface area contributed by atoms with Crippen LogP contribution < -0.4 is 14.8 Å². The molecule has 0 aromatic heterocycles. The van der Waals surface area contributed by atoms with Gasteiger partial charge in [-0.2, -0.15) is 0 Å². The highest BCUT2D eigenvalue weighted by molar-refractivity contribution is 5.82. The first-order valence-corrected chi connectivity index (χ1v) is 11.3. The van der Waals surface area contributed by atoms with Gasteiger partial charge in [-0.1, -0.05) is 31.4 Å². The molecule has 1 aromatic rings. The molecule has 2 aliphatic heterocycles. The van der Waals surface area contributed by atoms with Crippen molar-refractivity contribution in [3.63, 3.8) is 0 Å². The lowest BCUT2D eigenvalue weighted by molar-refractivity contribution is -0.160. The van der Waals surface area contributed by atoms with Crippen LogP contribution in [0.5, 0.6) is 11.5 Å². The van der Waals surface area contributed by atoms with Crippen molar-refractivity contribution in [1.29, 1.82) is 0 Å². The number of ether oxygens (including phenoxy) is 4. The molecule has 1 amide bonds. The third-order valence-corrected chi connectivity index (χ3v) is 6.50. The molecule has 31 heavy (non-hydrogen) atoms. The predicted molar refractivity (Wildman–Crippen MR) is 113 cm³/mol. The molecule has 1 aliphatic carbocycles. The summed E-state index contributed by atoms with van der Waals surface area (Å²) in [6.45, 7) is 5.24. The number of benzene rings is 1. The molecule has 2 fully saturated rings. The number of para-hydroxylation sites is 2. The van der Waals surface area contributed by atoms with Gasteiger partial charge >= 0.3 is 5.97 Å². The summed E-state index contributed by atoms with van der Waals surface area (Å²) in [5.74, 6) is 0.198. The van der Waals surface area contributed by atoms with E-state index in [-0.39, 0.29) is 18.1 Å². The minimum absolute atomic E-state index is 0.0275. The molecule has 2 unspecified atom stereocenters. The van der Waals surface area contributed by atoms with Gasteiger partial charge in [-0.3, -0.25) is 9.69 Å². The van der Waals surface area contributed by atoms with E-state index in [0.717, 1.165) is 39.1 Å². The van der Waals surface area contributed by atoms with Crippen molar-refractivity contribution in [2.45, 2.75) is 56.8 Å². The van der Waals surface area contributed by atoms with Crippen LogP contribution in [-0.2, 0) is 19.1 Å². The number of hydrogen-bond acceptors (Lipinski definition) is 7. The van der Waals surface area contributed by atoms with Crippen LogP contribution in [0.15, 0.2) is 24.3 Å². The van der Waals surface area contributed by atoms with Gasteiger partial charge in [-0.05, 0) is 31.9 Å². The molecule has 170 valence electrons. The maximum absolute atomic E-state index is 12.5. The third-order valence-electron chi connectivity index (χ3n) is 6.50. The number of nitrogens with one attached hydrogen (secondary N) is 1. The summed E-state index contributed by atoms with van der Waals surface area (Å²) in [5.41, 5.74) is -0.0275. The Morgan fingerprint density at radius 1 is 1.10 bits per heavy atom. The first-order valence-electron chi connectivity index (χ1n) is 11.3. The number of amides is 1. The Kier molecular flexibility index (Phi) is 6.97. The fourth-order valence-corrected chi connectivity index (χ4v) is 4.76. The Labute approximate surface area is 183 Å². The summed E-state index contributed by atoms with van der Waals surface area (Å²) in [6.07, 6.45) is 4.30. The molecule has 0 radical (unpaired) electrons. The second-order valence-electron chi connectivity index (χ2n) is 8.58. The van der Waals surface area contributed by atoms with Crippen LogP contribution in [-0.4, -0.2) is 74.0 Å². The van der Waals surface area contributed by atoms with E-state index in [1.54, 1.807) is 19.1 Å². The van der Waals surface area contributed by atoms with E-state index < -0.39 is 18.2 Å². The Balaban J connectivity index is 1.28. The number of morpholine rings is 1. The van der Waals surface area contributed by atoms with Gasteiger partial charge in [-0.25, -0.2) is 4.79 Å². The highest BCUT2D eigenvalue weighted by Crippen LogP contribution is 2.34. The fourth-order valence-electron chi connectivity index (χ4n) is 4.76. The molecule has 1 saturated carbocycles. The maximum atomic E-state index is 12.5. The third kappa shape index (κ3) is 5.13. The zero-order valence-corrected chi connectivity index (χ0v) is 18.1. The summed E-state index contributed by atoms with van der Waals surface area (Å²) in [5, 5.41) is 3.00. The molecule has 0 bridgehead atoms. The molecular formula is C23H32N2O6. The lowest BCUT2D eigenvalue weighted by Crippen LogP contribution is -2.60. The topological polar surface area (TPSA) is 86.3 Å². The lowest BCUT2D eigenvalue weighted by Gasteiger charge is -2.48. The fraction of sp³-hybridized carbons (Fsp3) is 0.652. The van der Waals surface area contributed by atoms with Crippen LogP contribution in [0.4, 0.5) is 0 Å². The van der Waals surface area contributed by atoms with Crippen molar-refractivity contribution < 1.29 is 28.5 Å². The summed E-state index contributed by atoms with van der Waals surface area (Å²) >= 11 is 0. The summed E-state index contributed by atoms with van der Waals surface area (Å²) < 4.78 is 22.2. The average molecular weight is 433 g/mol. The van der Waals surface area contributed by atoms with Crippen molar-refractivity contribution in [3.8, 4) is 11.5 Å². The molecular weight excluding hydrogens is 400 g/mol. The number of carbonyl (C=O) groups is 2. The van der Waals surface area contributed by atoms with Crippen molar-refractivity contribution in [2.75, 3.05) is 39.5 Å². The SMILES string of the molecule is CC1Oc2ccccc2OC1C(=O)OCC(=O)NCC1(N2CCOCC2)CCCCC1. The van der Waals surface area contributed by atoms with Gasteiger partial charge in [0.15, 0.2) is 18.1 Å². The van der Waals surface area contributed by atoms with E-state index in [1.807, 2.05) is 12.1 Å². The van der Waals surface area contributed by atoms with E-state index in [9.17, 15) is 9.59 Å². The summed E-state index contributed by atoms with van der Waals surface area (Å²) in [6, 6.07) is 7.18. The minimum Gasteiger partial charge on any atom is -0.482 e. The van der Waals surface area contributed by atoms with Crippen LogP contribution >= 0.6 is 0 Å². The number of rotatable bonds is 6. The van der Waals surface area contributed by atoms with E-state index in [0.29, 0.717) is 18.0 Å². The van der Waals surface area contributed by atoms with E-state index in [1.165, 1.54) is 19.3 Å². The predicted octanol–water partition coefficient (Wildman–Crippen LogP) is 1.91. The van der Waals surface area contributed by atoms with Crippen molar-refractivity contribution >= 4 is 11.9 Å². The van der Waals surface area contributed by atoms with Crippen LogP contribution in [0.25, 0.3) is 0 Å². The monoisotopic (exact) mass is 432 g/mol. The molecule has 0 spiro atoms. The molecule has 8 heteroatoms. The lowest BCUT2D eigenvalue weighted by atomic mass is 9.79. The highest BCUT2D eigenvalue weighted by atomic mass is 16.6. The molecule has 1 saturated heterocycles. The largest absolute Gasteiger partial charge is 0.482 e. The molecule has 4 rings (SSSR count). The van der Waals surface area contributed by atoms with Gasteiger partial charge in [-0.15, -0.1) is 0 Å². The van der Waals surface area contributed by atoms with Crippen LogP contribution in [0, 0.1) is 0 Å². The number of nitrogens with zero attached hydrogens (tertiary/aromatic N) is 1. The first kappa shape index (κ1) is 21.9. The standard InChI is InChI=1S/C23H32N2O6/c1-17-21(31-19-8-4-3-7-18(19)30-17)22(27)29-15-20(26)24-16-23(9-5-2-6-10-23)25-11-13-28-14-12-25/h3-4,7-8,17,21H,2,5-6,9-16H2,1H3,(H,24,26). The van der Waals surface area contributed by atoms with Crippen molar-refractivity contribution in [2.24, 2.45) is 0 Å². The second kappa shape index (κ2) is 9.87. The molecule has 3 aliphatic rings. The van der Waals surface area contributed by atoms with Crippen LogP contribution in [0.1, 0.15) is 39.0 Å². The van der Waals surface area contributed by atoms with E-state index >= 15 is 0 Å². The average Bonchev–Trinajstić information content (AvgIpc) is 2.82. The zero-order valence-electron chi connectivity index (χ0n) is 18.1. The minimum atomic E-state index is -0.902. The number of hydrogen-bond donors (Lipinski definition) is 1. The van der Waals surface area contributed by atoms with Crippen LogP contribution in [0.2, 0.25) is 0 Å². The Morgan fingerprint density at radius 2 is 1.77 bits per heavy atom. The smallest absolute Gasteiger partial charge is 0.351 e. The Hall–Kier alpha value is -2.32. The van der Waals surface area contributed by atoms with Gasteiger partial charge in [0.05, 0.1) is 13.2 Å². The molecule has 2 atom stereocenters. The maximum Gasteiger partial charge on any atom is 0.351 e.